The zero-order valence-corrected chi connectivity index (χ0v) is 19.5. The van der Waals surface area contributed by atoms with Crippen LogP contribution in [0.15, 0.2) is 48.5 Å². The first-order chi connectivity index (χ1) is 16.8. The van der Waals surface area contributed by atoms with Gasteiger partial charge in [0, 0.05) is 11.1 Å². The van der Waals surface area contributed by atoms with E-state index in [9.17, 15) is 18.4 Å². The summed E-state index contributed by atoms with van der Waals surface area (Å²) in [7, 11) is 4.22. The summed E-state index contributed by atoms with van der Waals surface area (Å²) < 4.78 is 45.8. The molecule has 0 bridgehead atoms. The molecular formula is C24H23F2N3O6. The number of amides is 2. The van der Waals surface area contributed by atoms with E-state index in [1.807, 2.05) is 0 Å². The number of carbonyl (C=O) groups excluding carboxylic acids is 2. The zero-order chi connectivity index (χ0) is 25.5. The molecule has 2 aromatic carbocycles. The van der Waals surface area contributed by atoms with E-state index in [1.54, 1.807) is 24.3 Å². The van der Waals surface area contributed by atoms with Gasteiger partial charge in [0.15, 0.2) is 0 Å². The normalized spacial score (nSPS) is 10.6. The van der Waals surface area contributed by atoms with Crippen molar-refractivity contribution in [3.63, 3.8) is 0 Å². The zero-order valence-electron chi connectivity index (χ0n) is 19.5. The molecular weight excluding hydrogens is 464 g/mol. The number of rotatable bonds is 9. The molecule has 3 aromatic rings. The van der Waals surface area contributed by atoms with Gasteiger partial charge >= 0.3 is 0 Å². The molecule has 11 heteroatoms. The van der Waals surface area contributed by atoms with E-state index in [1.165, 1.54) is 52.5 Å². The largest absolute Gasteiger partial charge is 0.497 e. The smallest absolute Gasteiger partial charge is 0.272 e. The number of carbonyl (C=O) groups is 2. The maximum absolute atomic E-state index is 13.5. The lowest BCUT2D eigenvalue weighted by molar-refractivity contribution is 0.0794. The number of hydrogen-bond acceptors (Lipinski definition) is 8. The Kier molecular flexibility index (Phi) is 8.13. The maximum Gasteiger partial charge on any atom is 0.272 e. The molecule has 0 aliphatic carbocycles. The summed E-state index contributed by atoms with van der Waals surface area (Å²) in [5, 5.41) is 0. The third-order valence-electron chi connectivity index (χ3n) is 4.82. The fourth-order valence-corrected chi connectivity index (χ4v) is 3.07. The number of nitrogens with zero attached hydrogens (tertiary/aromatic N) is 3. The van der Waals surface area contributed by atoms with Crippen molar-refractivity contribution in [2.24, 2.45) is 0 Å². The van der Waals surface area contributed by atoms with Crippen LogP contribution in [0.5, 0.6) is 23.1 Å². The molecule has 0 fully saturated rings. The quantitative estimate of drug-likeness (QED) is 0.419. The molecule has 0 aliphatic heterocycles. The van der Waals surface area contributed by atoms with Gasteiger partial charge < -0.3 is 18.9 Å². The predicted molar refractivity (Wildman–Crippen MR) is 122 cm³/mol. The summed E-state index contributed by atoms with van der Waals surface area (Å²) >= 11 is 0. The summed E-state index contributed by atoms with van der Waals surface area (Å²) in [6.07, 6.45) is -2.73. The van der Waals surface area contributed by atoms with Crippen LogP contribution in [0.4, 0.5) is 14.7 Å². The van der Waals surface area contributed by atoms with Gasteiger partial charge in [-0.15, -0.1) is 0 Å². The van der Waals surface area contributed by atoms with Crippen LogP contribution >= 0.6 is 0 Å². The molecule has 0 saturated heterocycles. The van der Waals surface area contributed by atoms with Crippen molar-refractivity contribution in [2.75, 3.05) is 32.8 Å². The highest BCUT2D eigenvalue weighted by atomic mass is 19.3. The molecule has 0 atom stereocenters. The first-order valence-corrected chi connectivity index (χ1v) is 10.3. The lowest BCUT2D eigenvalue weighted by atomic mass is 10.1. The van der Waals surface area contributed by atoms with Gasteiger partial charge in [0.25, 0.3) is 24.1 Å². The number of aryl methyl sites for hydroxylation is 1. The van der Waals surface area contributed by atoms with Crippen LogP contribution in [-0.2, 0) is 0 Å². The second-order valence-corrected chi connectivity index (χ2v) is 7.05. The number of methoxy groups -OCH3 is 3. The average molecular weight is 487 g/mol. The molecule has 0 N–H and O–H groups in total. The summed E-state index contributed by atoms with van der Waals surface area (Å²) in [5.74, 6) is -1.06. The highest BCUT2D eigenvalue weighted by molar-refractivity contribution is 6.25. The van der Waals surface area contributed by atoms with Crippen LogP contribution in [0.25, 0.3) is 0 Å². The third-order valence-corrected chi connectivity index (χ3v) is 4.82. The summed E-state index contributed by atoms with van der Waals surface area (Å²) in [5.41, 5.74) is 0.416. The lowest BCUT2D eigenvalue weighted by Crippen LogP contribution is -2.38. The third kappa shape index (κ3) is 5.81. The first-order valence-electron chi connectivity index (χ1n) is 10.3. The average Bonchev–Trinajstić information content (AvgIpc) is 2.87. The molecule has 0 saturated carbocycles. The fraction of sp³-hybridized carbons (Fsp3) is 0.250. The van der Waals surface area contributed by atoms with Crippen LogP contribution in [0.2, 0.25) is 0 Å². The van der Waals surface area contributed by atoms with Crippen molar-refractivity contribution < 1.29 is 37.3 Å². The number of alkyl halides is 2. The van der Waals surface area contributed by atoms with Gasteiger partial charge in [-0.25, -0.2) is 18.7 Å². The van der Waals surface area contributed by atoms with E-state index in [0.717, 1.165) is 4.90 Å². The van der Waals surface area contributed by atoms with Crippen LogP contribution < -0.4 is 23.8 Å². The van der Waals surface area contributed by atoms with Crippen LogP contribution in [0.3, 0.4) is 0 Å². The van der Waals surface area contributed by atoms with Gasteiger partial charge in [-0.2, -0.15) is 4.98 Å². The first kappa shape index (κ1) is 25.3. The van der Waals surface area contributed by atoms with E-state index in [0.29, 0.717) is 11.5 Å². The van der Waals surface area contributed by atoms with Gasteiger partial charge in [-0.3, -0.25) is 9.59 Å². The van der Waals surface area contributed by atoms with Gasteiger partial charge in [0.05, 0.1) is 27.0 Å². The van der Waals surface area contributed by atoms with Crippen molar-refractivity contribution in [2.45, 2.75) is 13.3 Å². The number of imide groups is 1. The van der Waals surface area contributed by atoms with Crippen LogP contribution in [0.1, 0.15) is 26.4 Å². The molecule has 35 heavy (non-hydrogen) atoms. The maximum atomic E-state index is 13.5. The summed E-state index contributed by atoms with van der Waals surface area (Å²) in [4.78, 5) is 36.1. The Morgan fingerprint density at radius 3 is 1.71 bits per heavy atom. The number of halogens is 2. The standard InChI is InChI=1S/C24H23F2N3O6/c1-14-20(35-13-19(25)26)21(34-4)28-24(27-14)29(22(30)15-5-9-17(32-2)10-6-15)23(31)16-7-11-18(33-3)12-8-16/h5-12,19H,13H2,1-4H3. The van der Waals surface area contributed by atoms with Crippen molar-refractivity contribution in [3.8, 4) is 23.1 Å². The minimum atomic E-state index is -2.73. The number of aromatic nitrogens is 2. The highest BCUT2D eigenvalue weighted by Gasteiger charge is 2.30. The van der Waals surface area contributed by atoms with Crippen molar-refractivity contribution in [1.82, 2.24) is 9.97 Å². The van der Waals surface area contributed by atoms with Crippen LogP contribution in [0, 0.1) is 6.92 Å². The Morgan fingerprint density at radius 2 is 1.31 bits per heavy atom. The number of benzene rings is 2. The van der Waals surface area contributed by atoms with E-state index in [2.05, 4.69) is 9.97 Å². The van der Waals surface area contributed by atoms with E-state index < -0.39 is 24.8 Å². The molecule has 1 aromatic heterocycles. The molecule has 0 spiro atoms. The topological polar surface area (TPSA) is 100 Å². The molecule has 0 aliphatic rings. The summed E-state index contributed by atoms with van der Waals surface area (Å²) in [6.45, 7) is 0.557. The van der Waals surface area contributed by atoms with Crippen molar-refractivity contribution in [1.29, 1.82) is 0 Å². The number of hydrogen-bond donors (Lipinski definition) is 0. The number of anilines is 1. The Bertz CT molecular complexity index is 1130. The minimum Gasteiger partial charge on any atom is -0.497 e. The molecule has 0 radical (unpaired) electrons. The Morgan fingerprint density at radius 1 is 0.829 bits per heavy atom. The Hall–Kier alpha value is -4.28. The monoisotopic (exact) mass is 487 g/mol. The van der Waals surface area contributed by atoms with Gasteiger partial charge in [-0.05, 0) is 55.5 Å². The van der Waals surface area contributed by atoms with Crippen LogP contribution in [-0.4, -0.2) is 56.1 Å². The minimum absolute atomic E-state index is 0.0996. The van der Waals surface area contributed by atoms with Crippen molar-refractivity contribution in [3.05, 3.63) is 65.4 Å². The Labute approximate surface area is 200 Å². The van der Waals surface area contributed by atoms with E-state index >= 15 is 0 Å². The highest BCUT2D eigenvalue weighted by Crippen LogP contribution is 2.31. The SMILES string of the molecule is COc1ccc(C(=O)N(C(=O)c2ccc(OC)cc2)c2nc(C)c(OCC(F)F)c(OC)n2)cc1. The van der Waals surface area contributed by atoms with Gasteiger partial charge in [0.1, 0.15) is 18.1 Å². The molecule has 3 rings (SSSR count). The number of ether oxygens (including phenoxy) is 4. The summed E-state index contributed by atoms with van der Waals surface area (Å²) in [6, 6.07) is 12.2. The second-order valence-electron chi connectivity index (χ2n) is 7.05. The lowest BCUT2D eigenvalue weighted by Gasteiger charge is -2.21. The van der Waals surface area contributed by atoms with E-state index in [4.69, 9.17) is 18.9 Å². The molecule has 9 nitrogen and oxygen atoms in total. The van der Waals surface area contributed by atoms with E-state index in [-0.39, 0.29) is 34.4 Å². The van der Waals surface area contributed by atoms with Gasteiger partial charge in [0.2, 0.25) is 11.7 Å². The molecule has 1 heterocycles. The van der Waals surface area contributed by atoms with Crippen molar-refractivity contribution >= 4 is 17.8 Å². The molecule has 184 valence electrons. The predicted octanol–water partition coefficient (Wildman–Crippen LogP) is 3.94. The second kappa shape index (κ2) is 11.2. The Balaban J connectivity index is 2.10. The molecule has 0 unspecified atom stereocenters. The molecule has 2 amide bonds. The van der Waals surface area contributed by atoms with Gasteiger partial charge in [-0.1, -0.05) is 0 Å². The fourth-order valence-electron chi connectivity index (χ4n) is 3.07.